The van der Waals surface area contributed by atoms with Crippen LogP contribution in [0.5, 0.6) is 0 Å². The molecular formula is C23H28N4O6S. The number of furan rings is 1. The number of likely N-dealkylation sites (tertiary alicyclic amines) is 1. The molecule has 3 unspecified atom stereocenters. The summed E-state index contributed by atoms with van der Waals surface area (Å²) in [7, 11) is -3.94. The minimum atomic E-state index is -3.94. The third-order valence-electron chi connectivity index (χ3n) is 6.10. The fourth-order valence-electron chi connectivity index (χ4n) is 4.62. The molecule has 4 heterocycles. The van der Waals surface area contributed by atoms with E-state index in [-0.39, 0.29) is 34.7 Å². The molecule has 0 aromatic carbocycles. The molecule has 0 saturated carbocycles. The third-order valence-corrected chi connectivity index (χ3v) is 7.96. The van der Waals surface area contributed by atoms with Gasteiger partial charge in [0, 0.05) is 18.9 Å². The number of ketones is 1. The van der Waals surface area contributed by atoms with E-state index in [4.69, 9.17) is 4.42 Å². The molecule has 4 rings (SSSR count). The van der Waals surface area contributed by atoms with Gasteiger partial charge in [-0.1, -0.05) is 20.8 Å². The van der Waals surface area contributed by atoms with Gasteiger partial charge in [-0.25, -0.2) is 8.42 Å². The average Bonchev–Trinajstić information content (AvgIpc) is 3.51. The van der Waals surface area contributed by atoms with Crippen LogP contribution in [0, 0.1) is 5.41 Å². The van der Waals surface area contributed by atoms with Gasteiger partial charge >= 0.3 is 0 Å². The van der Waals surface area contributed by atoms with Crippen LogP contribution in [-0.2, 0) is 19.6 Å². The molecule has 10 nitrogen and oxygen atoms in total. The molecule has 3 atom stereocenters. The molecule has 34 heavy (non-hydrogen) atoms. The summed E-state index contributed by atoms with van der Waals surface area (Å²) in [6.07, 6.45) is 6.06. The van der Waals surface area contributed by atoms with E-state index in [2.05, 4.69) is 10.3 Å². The lowest BCUT2D eigenvalue weighted by atomic mass is 9.87. The lowest BCUT2D eigenvalue weighted by Gasteiger charge is -2.31. The highest BCUT2D eigenvalue weighted by Gasteiger charge is 2.54. The van der Waals surface area contributed by atoms with E-state index in [9.17, 15) is 22.8 Å². The number of carbonyl (C=O) groups is 3. The molecule has 2 amide bonds. The Kier molecular flexibility index (Phi) is 6.34. The first kappa shape index (κ1) is 24.1. The van der Waals surface area contributed by atoms with Crippen LogP contribution in [0.4, 0.5) is 0 Å². The zero-order chi connectivity index (χ0) is 24.7. The van der Waals surface area contributed by atoms with Gasteiger partial charge in [0.15, 0.2) is 5.78 Å². The van der Waals surface area contributed by atoms with E-state index in [0.717, 1.165) is 0 Å². The number of amides is 2. The van der Waals surface area contributed by atoms with Crippen molar-refractivity contribution in [2.75, 3.05) is 13.1 Å². The highest BCUT2D eigenvalue weighted by molar-refractivity contribution is 7.89. The van der Waals surface area contributed by atoms with Gasteiger partial charge in [-0.05, 0) is 36.5 Å². The summed E-state index contributed by atoms with van der Waals surface area (Å²) in [4.78, 5) is 44.5. The van der Waals surface area contributed by atoms with Crippen LogP contribution in [-0.4, -0.2) is 71.4 Å². The van der Waals surface area contributed by atoms with Crippen LogP contribution in [0.1, 0.15) is 44.0 Å². The molecule has 11 heteroatoms. The van der Waals surface area contributed by atoms with Gasteiger partial charge in [0.1, 0.15) is 23.2 Å². The zero-order valence-corrected chi connectivity index (χ0v) is 20.1. The Hall–Kier alpha value is -3.05. The maximum atomic E-state index is 13.6. The molecule has 1 N–H and O–H groups in total. The number of aromatic nitrogens is 1. The normalized spacial score (nSPS) is 22.0. The summed E-state index contributed by atoms with van der Waals surface area (Å²) in [5, 5.41) is 2.77. The smallest absolute Gasteiger partial charge is 0.255 e. The van der Waals surface area contributed by atoms with Crippen molar-refractivity contribution in [2.45, 2.75) is 56.6 Å². The monoisotopic (exact) mass is 488 g/mol. The van der Waals surface area contributed by atoms with Crippen molar-refractivity contribution in [3.05, 3.63) is 48.7 Å². The van der Waals surface area contributed by atoms with E-state index >= 15 is 0 Å². The van der Waals surface area contributed by atoms with Gasteiger partial charge in [-0.2, -0.15) is 4.31 Å². The lowest BCUT2D eigenvalue weighted by Crippen LogP contribution is -2.53. The number of pyridine rings is 1. The van der Waals surface area contributed by atoms with Crippen molar-refractivity contribution in [3.8, 4) is 0 Å². The Bertz CT molecular complexity index is 1170. The predicted molar refractivity (Wildman–Crippen MR) is 121 cm³/mol. The number of nitrogens with zero attached hydrogens (tertiary/aromatic N) is 3. The fourth-order valence-corrected chi connectivity index (χ4v) is 6.21. The van der Waals surface area contributed by atoms with Crippen LogP contribution in [0.3, 0.4) is 0 Å². The third kappa shape index (κ3) is 4.62. The van der Waals surface area contributed by atoms with E-state index in [1.165, 1.54) is 52.3 Å². The van der Waals surface area contributed by atoms with Crippen LogP contribution >= 0.6 is 0 Å². The molecule has 0 aliphatic carbocycles. The standard InChI is InChI=1S/C23H28N4O6S/c1-23(2,3)11-17(25-21(29)15-7-10-33-14-15)22(30)26-9-6-18-20(26)19(28)13-27(18)34(31,32)16-5-4-8-24-12-16/h4-5,7-8,10,12,14,17-18,20H,6,9,11,13H2,1-3H3,(H,25,29). The number of fused-ring (bicyclic) bond motifs is 1. The highest BCUT2D eigenvalue weighted by atomic mass is 32.2. The van der Waals surface area contributed by atoms with Crippen molar-refractivity contribution in [1.82, 2.24) is 19.5 Å². The number of sulfonamides is 1. The highest BCUT2D eigenvalue weighted by Crippen LogP contribution is 2.35. The number of nitrogens with one attached hydrogen (secondary N) is 1. The number of hydrogen-bond acceptors (Lipinski definition) is 7. The lowest BCUT2D eigenvalue weighted by molar-refractivity contribution is -0.138. The first-order chi connectivity index (χ1) is 16.0. The van der Waals surface area contributed by atoms with Crippen molar-refractivity contribution >= 4 is 27.6 Å². The van der Waals surface area contributed by atoms with E-state index in [1.807, 2.05) is 20.8 Å². The summed E-state index contributed by atoms with van der Waals surface area (Å²) in [6, 6.07) is 2.04. The molecule has 2 aliphatic heterocycles. The maximum absolute atomic E-state index is 13.6. The van der Waals surface area contributed by atoms with Crippen molar-refractivity contribution in [2.24, 2.45) is 5.41 Å². The Morgan fingerprint density at radius 1 is 1.29 bits per heavy atom. The molecular weight excluding hydrogens is 460 g/mol. The van der Waals surface area contributed by atoms with E-state index < -0.39 is 40.0 Å². The van der Waals surface area contributed by atoms with Crippen LogP contribution in [0.15, 0.2) is 52.4 Å². The summed E-state index contributed by atoms with van der Waals surface area (Å²) in [6.45, 7) is 5.77. The van der Waals surface area contributed by atoms with Crippen molar-refractivity contribution in [1.29, 1.82) is 0 Å². The number of hydrogen-bond donors (Lipinski definition) is 1. The minimum Gasteiger partial charge on any atom is -0.472 e. The van der Waals surface area contributed by atoms with Gasteiger partial charge in [0.2, 0.25) is 15.9 Å². The number of Topliss-reactive ketones (excluding diaryl/α,β-unsaturated/α-hetero) is 1. The summed E-state index contributed by atoms with van der Waals surface area (Å²) in [5.74, 6) is -1.18. The molecule has 0 bridgehead atoms. The fraction of sp³-hybridized carbons (Fsp3) is 0.478. The second kappa shape index (κ2) is 8.95. The van der Waals surface area contributed by atoms with Gasteiger partial charge < -0.3 is 14.6 Å². The summed E-state index contributed by atoms with van der Waals surface area (Å²) < 4.78 is 32.5. The largest absolute Gasteiger partial charge is 0.472 e. The molecule has 2 saturated heterocycles. The first-order valence-corrected chi connectivity index (χ1v) is 12.5. The van der Waals surface area contributed by atoms with Gasteiger partial charge in [0.05, 0.1) is 24.4 Å². The molecule has 2 aromatic rings. The first-order valence-electron chi connectivity index (χ1n) is 11.1. The van der Waals surface area contributed by atoms with Gasteiger partial charge in [-0.15, -0.1) is 0 Å². The minimum absolute atomic E-state index is 0.00575. The number of carbonyl (C=O) groups excluding carboxylic acids is 3. The topological polar surface area (TPSA) is 130 Å². The zero-order valence-electron chi connectivity index (χ0n) is 19.3. The number of rotatable bonds is 6. The molecule has 182 valence electrons. The van der Waals surface area contributed by atoms with Gasteiger partial charge in [0.25, 0.3) is 5.91 Å². The van der Waals surface area contributed by atoms with Crippen LogP contribution in [0.25, 0.3) is 0 Å². The second-order valence-corrected chi connectivity index (χ2v) is 11.7. The van der Waals surface area contributed by atoms with E-state index in [1.54, 1.807) is 0 Å². The maximum Gasteiger partial charge on any atom is 0.255 e. The molecule has 2 aromatic heterocycles. The van der Waals surface area contributed by atoms with Crippen LogP contribution < -0.4 is 5.32 Å². The Labute approximate surface area is 198 Å². The molecule has 0 radical (unpaired) electrons. The molecule has 0 spiro atoms. The van der Waals surface area contributed by atoms with Crippen molar-refractivity contribution < 1.29 is 27.2 Å². The SMILES string of the molecule is CC(C)(C)CC(NC(=O)c1ccoc1)C(=O)N1CCC2C1C(=O)CN2S(=O)(=O)c1cccnc1. The second-order valence-electron chi connectivity index (χ2n) is 9.84. The predicted octanol–water partition coefficient (Wildman–Crippen LogP) is 1.45. The Balaban J connectivity index is 1.57. The van der Waals surface area contributed by atoms with E-state index in [0.29, 0.717) is 12.8 Å². The molecule has 2 aliphatic rings. The quantitative estimate of drug-likeness (QED) is 0.651. The average molecular weight is 489 g/mol. The Morgan fingerprint density at radius 2 is 2.06 bits per heavy atom. The summed E-state index contributed by atoms with van der Waals surface area (Å²) >= 11 is 0. The summed E-state index contributed by atoms with van der Waals surface area (Å²) in [5.41, 5.74) is -0.00456. The molecule has 2 fully saturated rings. The van der Waals surface area contributed by atoms with Crippen molar-refractivity contribution in [3.63, 3.8) is 0 Å². The van der Waals surface area contributed by atoms with Crippen LogP contribution in [0.2, 0.25) is 0 Å². The van der Waals surface area contributed by atoms with Gasteiger partial charge in [-0.3, -0.25) is 19.4 Å². The Morgan fingerprint density at radius 3 is 2.68 bits per heavy atom.